The number of fused-ring (bicyclic) bond motifs is 1. The first-order valence-corrected chi connectivity index (χ1v) is 8.79. The molecule has 1 aliphatic heterocycles. The van der Waals surface area contributed by atoms with Crippen molar-refractivity contribution in [2.24, 2.45) is 5.92 Å². The molecule has 1 aliphatic rings. The fraction of sp³-hybridized carbons (Fsp3) is 0.600. The summed E-state index contributed by atoms with van der Waals surface area (Å²) in [6.45, 7) is 6.05. The van der Waals surface area contributed by atoms with Gasteiger partial charge in [0.05, 0.1) is 11.5 Å². The van der Waals surface area contributed by atoms with Gasteiger partial charge < -0.3 is 4.74 Å². The second kappa shape index (κ2) is 7.76. The van der Waals surface area contributed by atoms with Crippen LogP contribution in [0.25, 0.3) is 0 Å². The van der Waals surface area contributed by atoms with Crippen LogP contribution in [0.3, 0.4) is 0 Å². The summed E-state index contributed by atoms with van der Waals surface area (Å²) in [4.78, 5) is 24.8. The van der Waals surface area contributed by atoms with Gasteiger partial charge in [0.25, 0.3) is 0 Å². The van der Waals surface area contributed by atoms with Crippen molar-refractivity contribution in [3.63, 3.8) is 0 Å². The molecule has 3 heteroatoms. The minimum atomic E-state index is -0.562. The Morgan fingerprint density at radius 2 is 1.87 bits per heavy atom. The standard InChI is InChI=1S/C20H28O3/c1-4-5-6-7-10-15(21)13-14-17-19(22)16-11-8-9-12-18(16)23-20(17,2)3/h8-9,11-12,17H,4-7,10,13-14H2,1-3H3. The highest BCUT2D eigenvalue weighted by Crippen LogP contribution is 2.38. The van der Waals surface area contributed by atoms with E-state index in [0.717, 1.165) is 12.8 Å². The molecule has 2 rings (SSSR count). The molecule has 0 amide bonds. The van der Waals surface area contributed by atoms with Gasteiger partial charge in [-0.2, -0.15) is 0 Å². The smallest absolute Gasteiger partial charge is 0.173 e. The molecule has 0 saturated heterocycles. The monoisotopic (exact) mass is 316 g/mol. The van der Waals surface area contributed by atoms with E-state index < -0.39 is 5.60 Å². The number of ketones is 2. The first kappa shape index (κ1) is 17.7. The number of Topliss-reactive ketones (excluding diaryl/α,β-unsaturated/α-hetero) is 2. The van der Waals surface area contributed by atoms with Crippen molar-refractivity contribution in [2.45, 2.75) is 71.3 Å². The van der Waals surface area contributed by atoms with E-state index in [2.05, 4.69) is 6.92 Å². The van der Waals surface area contributed by atoms with Crippen LogP contribution in [0.1, 0.15) is 76.1 Å². The van der Waals surface area contributed by atoms with Crippen molar-refractivity contribution < 1.29 is 14.3 Å². The third-order valence-electron chi connectivity index (χ3n) is 4.70. The molecule has 0 aliphatic carbocycles. The third-order valence-corrected chi connectivity index (χ3v) is 4.70. The van der Waals surface area contributed by atoms with Gasteiger partial charge in [-0.3, -0.25) is 9.59 Å². The van der Waals surface area contributed by atoms with Crippen molar-refractivity contribution in [3.8, 4) is 5.75 Å². The summed E-state index contributed by atoms with van der Waals surface area (Å²) in [5.41, 5.74) is 0.0840. The summed E-state index contributed by atoms with van der Waals surface area (Å²) in [5, 5.41) is 0. The van der Waals surface area contributed by atoms with Gasteiger partial charge in [0.15, 0.2) is 5.78 Å². The van der Waals surface area contributed by atoms with Gasteiger partial charge in [-0.05, 0) is 38.8 Å². The number of rotatable bonds is 8. The predicted octanol–water partition coefficient (Wildman–Crippen LogP) is 4.98. The van der Waals surface area contributed by atoms with Crippen molar-refractivity contribution in [1.82, 2.24) is 0 Å². The van der Waals surface area contributed by atoms with Gasteiger partial charge in [-0.15, -0.1) is 0 Å². The van der Waals surface area contributed by atoms with Crippen molar-refractivity contribution >= 4 is 11.6 Å². The van der Waals surface area contributed by atoms with Crippen LogP contribution in [0.4, 0.5) is 0 Å². The maximum absolute atomic E-state index is 12.8. The van der Waals surface area contributed by atoms with Crippen LogP contribution in [0, 0.1) is 5.92 Å². The summed E-state index contributed by atoms with van der Waals surface area (Å²) in [6.07, 6.45) is 6.13. The number of para-hydroxylation sites is 1. The molecular formula is C20H28O3. The van der Waals surface area contributed by atoms with Crippen molar-refractivity contribution in [3.05, 3.63) is 29.8 Å². The zero-order valence-corrected chi connectivity index (χ0v) is 14.6. The van der Waals surface area contributed by atoms with Crippen LogP contribution in [0.2, 0.25) is 0 Å². The molecule has 23 heavy (non-hydrogen) atoms. The molecule has 1 heterocycles. The second-order valence-corrected chi connectivity index (χ2v) is 7.01. The van der Waals surface area contributed by atoms with Crippen LogP contribution in [-0.4, -0.2) is 17.2 Å². The molecule has 0 fully saturated rings. The zero-order chi connectivity index (χ0) is 16.9. The highest BCUT2D eigenvalue weighted by atomic mass is 16.5. The first-order valence-electron chi connectivity index (χ1n) is 8.79. The summed E-state index contributed by atoms with van der Waals surface area (Å²) < 4.78 is 6.02. The van der Waals surface area contributed by atoms with Gasteiger partial charge in [0.2, 0.25) is 0 Å². The Kier molecular flexibility index (Phi) is 5.97. The number of carbonyl (C=O) groups excluding carboxylic acids is 2. The Labute approximate surface area is 139 Å². The fourth-order valence-electron chi connectivity index (χ4n) is 3.28. The van der Waals surface area contributed by atoms with E-state index in [1.807, 2.05) is 38.1 Å². The normalized spacial score (nSPS) is 19.1. The van der Waals surface area contributed by atoms with E-state index >= 15 is 0 Å². The van der Waals surface area contributed by atoms with Crippen LogP contribution in [0.5, 0.6) is 5.75 Å². The number of hydrogen-bond donors (Lipinski definition) is 0. The van der Waals surface area contributed by atoms with Crippen molar-refractivity contribution in [1.29, 1.82) is 0 Å². The SMILES string of the molecule is CCCCCCC(=O)CCC1C(=O)c2ccccc2OC1(C)C. The van der Waals surface area contributed by atoms with Gasteiger partial charge in [0, 0.05) is 12.8 Å². The quantitative estimate of drug-likeness (QED) is 0.635. The van der Waals surface area contributed by atoms with Crippen molar-refractivity contribution in [2.75, 3.05) is 0 Å². The van der Waals surface area contributed by atoms with E-state index in [4.69, 9.17) is 4.74 Å². The molecule has 0 saturated carbocycles. The van der Waals surface area contributed by atoms with E-state index in [9.17, 15) is 9.59 Å². The number of ether oxygens (including phenoxy) is 1. The van der Waals surface area contributed by atoms with Crippen LogP contribution in [-0.2, 0) is 4.79 Å². The molecule has 3 nitrogen and oxygen atoms in total. The highest BCUT2D eigenvalue weighted by molar-refractivity contribution is 6.02. The van der Waals surface area contributed by atoms with Gasteiger partial charge in [-0.1, -0.05) is 38.3 Å². The topological polar surface area (TPSA) is 43.4 Å². The lowest BCUT2D eigenvalue weighted by Gasteiger charge is -2.38. The van der Waals surface area contributed by atoms with E-state index in [-0.39, 0.29) is 17.5 Å². The molecule has 1 atom stereocenters. The number of benzene rings is 1. The summed E-state index contributed by atoms with van der Waals surface area (Å²) in [7, 11) is 0. The third kappa shape index (κ3) is 4.43. The minimum Gasteiger partial charge on any atom is -0.486 e. The molecular weight excluding hydrogens is 288 g/mol. The maximum Gasteiger partial charge on any atom is 0.173 e. The molecule has 0 spiro atoms. The Morgan fingerprint density at radius 1 is 1.13 bits per heavy atom. The second-order valence-electron chi connectivity index (χ2n) is 7.01. The molecule has 1 aromatic rings. The Balaban J connectivity index is 1.94. The minimum absolute atomic E-state index is 0.107. The molecule has 0 bridgehead atoms. The Bertz CT molecular complexity index is 560. The van der Waals surface area contributed by atoms with Crippen LogP contribution >= 0.6 is 0 Å². The first-order chi connectivity index (χ1) is 11.0. The van der Waals surface area contributed by atoms with Crippen LogP contribution in [0.15, 0.2) is 24.3 Å². The molecule has 1 aromatic carbocycles. The maximum atomic E-state index is 12.8. The van der Waals surface area contributed by atoms with E-state index in [1.165, 1.54) is 12.8 Å². The van der Waals surface area contributed by atoms with Gasteiger partial charge >= 0.3 is 0 Å². The fourth-order valence-corrected chi connectivity index (χ4v) is 3.28. The lowest BCUT2D eigenvalue weighted by atomic mass is 9.78. The average Bonchev–Trinajstić information content (AvgIpc) is 2.50. The zero-order valence-electron chi connectivity index (χ0n) is 14.6. The van der Waals surface area contributed by atoms with Crippen LogP contribution < -0.4 is 4.74 Å². The summed E-state index contributed by atoms with van der Waals surface area (Å²) >= 11 is 0. The summed E-state index contributed by atoms with van der Waals surface area (Å²) in [5.74, 6) is 0.779. The molecule has 1 unspecified atom stereocenters. The lowest BCUT2D eigenvalue weighted by Crippen LogP contribution is -2.46. The molecule has 0 aromatic heterocycles. The number of hydrogen-bond acceptors (Lipinski definition) is 3. The average molecular weight is 316 g/mol. The molecule has 0 radical (unpaired) electrons. The molecule has 0 N–H and O–H groups in total. The number of carbonyl (C=O) groups is 2. The highest BCUT2D eigenvalue weighted by Gasteiger charge is 2.42. The van der Waals surface area contributed by atoms with E-state index in [0.29, 0.717) is 30.6 Å². The largest absolute Gasteiger partial charge is 0.486 e. The predicted molar refractivity (Wildman–Crippen MR) is 92.0 cm³/mol. The van der Waals surface area contributed by atoms with Gasteiger partial charge in [0.1, 0.15) is 17.1 Å². The lowest BCUT2D eigenvalue weighted by molar-refractivity contribution is -0.119. The van der Waals surface area contributed by atoms with E-state index in [1.54, 1.807) is 0 Å². The Morgan fingerprint density at radius 3 is 2.61 bits per heavy atom. The number of unbranched alkanes of at least 4 members (excludes halogenated alkanes) is 3. The van der Waals surface area contributed by atoms with Gasteiger partial charge in [-0.25, -0.2) is 0 Å². The summed E-state index contributed by atoms with van der Waals surface area (Å²) in [6, 6.07) is 7.38. The Hall–Kier alpha value is -1.64. The molecule has 126 valence electrons.